The van der Waals surface area contributed by atoms with Gasteiger partial charge in [0.25, 0.3) is 11.5 Å². The Kier molecular flexibility index (Phi) is 8.21. The van der Waals surface area contributed by atoms with E-state index in [1.54, 1.807) is 46.2 Å². The number of pyridine rings is 1. The lowest BCUT2D eigenvalue weighted by molar-refractivity contribution is 0.0682. The zero-order valence-electron chi connectivity index (χ0n) is 19.8. The summed E-state index contributed by atoms with van der Waals surface area (Å²) in [6.45, 7) is 1.44. The second-order valence-electron chi connectivity index (χ2n) is 8.42. The standard InChI is InChI=1S/C24H23Cl2N7O3.ClH/c1-36-19-3-2-8-27-20(19)23(35)32-9-6-15(7-10-32)33-21-18(13-29-33)30-24(31-22(21)34)28-12-14-4-5-16(25)17(26)11-14;/h2-5,8,11,13,15H,6-7,9-10,12H2,1H3,(H2,28,30,31,34);1H. The fraction of sp³-hybridized carbons (Fsp3) is 0.292. The third-order valence-corrected chi connectivity index (χ3v) is 6.93. The molecule has 5 rings (SSSR count). The first kappa shape index (κ1) is 26.7. The first-order valence-electron chi connectivity index (χ1n) is 11.4. The minimum Gasteiger partial charge on any atom is -0.494 e. The molecule has 0 saturated carbocycles. The summed E-state index contributed by atoms with van der Waals surface area (Å²) in [5.41, 5.74) is 1.81. The molecule has 0 atom stereocenters. The monoisotopic (exact) mass is 563 g/mol. The van der Waals surface area contributed by atoms with Gasteiger partial charge in [-0.1, -0.05) is 29.3 Å². The molecular formula is C24H24Cl3N7O3. The van der Waals surface area contributed by atoms with Crippen molar-refractivity contribution >= 4 is 58.5 Å². The Bertz CT molecular complexity index is 1480. The van der Waals surface area contributed by atoms with Gasteiger partial charge in [0.15, 0.2) is 11.2 Å². The molecule has 1 fully saturated rings. The normalized spacial score (nSPS) is 13.9. The van der Waals surface area contributed by atoms with E-state index in [1.807, 2.05) is 6.07 Å². The molecule has 13 heteroatoms. The lowest BCUT2D eigenvalue weighted by atomic mass is 10.0. The second-order valence-corrected chi connectivity index (χ2v) is 9.23. The smallest absolute Gasteiger partial charge is 0.278 e. The number of amides is 1. The summed E-state index contributed by atoms with van der Waals surface area (Å²) in [7, 11) is 1.52. The number of hydrogen-bond acceptors (Lipinski definition) is 7. The molecule has 1 aliphatic heterocycles. The Labute approximate surface area is 228 Å². The average molecular weight is 565 g/mol. The van der Waals surface area contributed by atoms with E-state index in [1.165, 1.54) is 7.11 Å². The number of aromatic amines is 1. The van der Waals surface area contributed by atoms with Gasteiger partial charge in [-0.05, 0) is 42.7 Å². The van der Waals surface area contributed by atoms with E-state index in [4.69, 9.17) is 27.9 Å². The fourth-order valence-corrected chi connectivity index (χ4v) is 4.67. The van der Waals surface area contributed by atoms with Gasteiger partial charge in [0.05, 0.1) is 29.4 Å². The Balaban J connectivity index is 0.00000320. The highest BCUT2D eigenvalue weighted by atomic mass is 35.5. The van der Waals surface area contributed by atoms with E-state index in [0.717, 1.165) is 5.56 Å². The third-order valence-electron chi connectivity index (χ3n) is 6.19. The first-order valence-corrected chi connectivity index (χ1v) is 12.1. The SMILES string of the molecule is COc1cccnc1C(=O)N1CCC(n2ncc3nc(NCc4ccc(Cl)c(Cl)c4)[nH]c(=O)c32)CC1.Cl. The minimum absolute atomic E-state index is 0. The zero-order chi connectivity index (χ0) is 25.2. The Morgan fingerprint density at radius 2 is 2.00 bits per heavy atom. The van der Waals surface area contributed by atoms with Crippen LogP contribution < -0.4 is 15.6 Å². The number of hydrogen-bond donors (Lipinski definition) is 2. The van der Waals surface area contributed by atoms with Crippen LogP contribution in [0.2, 0.25) is 10.0 Å². The maximum Gasteiger partial charge on any atom is 0.278 e. The van der Waals surface area contributed by atoms with Gasteiger partial charge in [-0.2, -0.15) is 5.10 Å². The molecule has 0 radical (unpaired) electrons. The van der Waals surface area contributed by atoms with E-state index in [2.05, 4.69) is 25.4 Å². The molecule has 4 heterocycles. The third kappa shape index (κ3) is 5.51. The largest absolute Gasteiger partial charge is 0.494 e. The first-order chi connectivity index (χ1) is 17.4. The number of halogens is 3. The number of rotatable bonds is 6. The number of carbonyl (C=O) groups excluding carboxylic acids is 1. The number of piperidine rings is 1. The van der Waals surface area contributed by atoms with Crippen LogP contribution in [0.5, 0.6) is 5.75 Å². The van der Waals surface area contributed by atoms with Crippen LogP contribution in [0.3, 0.4) is 0 Å². The molecule has 2 N–H and O–H groups in total. The quantitative estimate of drug-likeness (QED) is 0.358. The number of H-pyrrole nitrogens is 1. The molecular weight excluding hydrogens is 541 g/mol. The summed E-state index contributed by atoms with van der Waals surface area (Å²) < 4.78 is 6.99. The van der Waals surface area contributed by atoms with Crippen molar-refractivity contribution in [3.63, 3.8) is 0 Å². The van der Waals surface area contributed by atoms with Gasteiger partial charge in [-0.3, -0.25) is 19.3 Å². The summed E-state index contributed by atoms with van der Waals surface area (Å²) in [5.74, 6) is 0.611. The van der Waals surface area contributed by atoms with Crippen LogP contribution in [0.25, 0.3) is 11.0 Å². The molecule has 0 spiro atoms. The van der Waals surface area contributed by atoms with Gasteiger partial charge in [0.2, 0.25) is 5.95 Å². The fourth-order valence-electron chi connectivity index (χ4n) is 4.35. The van der Waals surface area contributed by atoms with Gasteiger partial charge >= 0.3 is 0 Å². The van der Waals surface area contributed by atoms with Crippen LogP contribution in [0.4, 0.5) is 5.95 Å². The maximum atomic E-state index is 13.0. The van der Waals surface area contributed by atoms with E-state index in [0.29, 0.717) is 70.9 Å². The van der Waals surface area contributed by atoms with E-state index >= 15 is 0 Å². The van der Waals surface area contributed by atoms with E-state index < -0.39 is 0 Å². The molecule has 0 unspecified atom stereocenters. The van der Waals surface area contributed by atoms with E-state index in [-0.39, 0.29) is 29.9 Å². The number of anilines is 1. The molecule has 3 aromatic heterocycles. The topological polar surface area (TPSA) is 118 Å². The highest BCUT2D eigenvalue weighted by Crippen LogP contribution is 2.27. The number of benzene rings is 1. The van der Waals surface area contributed by atoms with Gasteiger partial charge in [0, 0.05) is 25.8 Å². The van der Waals surface area contributed by atoms with Gasteiger partial charge in [-0.25, -0.2) is 9.97 Å². The molecule has 1 amide bonds. The molecule has 37 heavy (non-hydrogen) atoms. The van der Waals surface area contributed by atoms with Gasteiger partial charge < -0.3 is 15.0 Å². The zero-order valence-corrected chi connectivity index (χ0v) is 22.1. The van der Waals surface area contributed by atoms with Crippen molar-refractivity contribution in [3.8, 4) is 5.75 Å². The summed E-state index contributed by atoms with van der Waals surface area (Å²) in [6.07, 6.45) is 4.46. The predicted molar refractivity (Wildman–Crippen MR) is 144 cm³/mol. The number of likely N-dealkylation sites (tertiary alicyclic amines) is 1. The predicted octanol–water partition coefficient (Wildman–Crippen LogP) is 4.34. The van der Waals surface area contributed by atoms with Crippen LogP contribution >= 0.6 is 35.6 Å². The maximum absolute atomic E-state index is 13.0. The summed E-state index contributed by atoms with van der Waals surface area (Å²) in [4.78, 5) is 39.1. The van der Waals surface area contributed by atoms with Crippen molar-refractivity contribution in [1.29, 1.82) is 0 Å². The van der Waals surface area contributed by atoms with Crippen LogP contribution in [0.15, 0.2) is 47.5 Å². The minimum atomic E-state index is -0.286. The molecule has 4 aromatic rings. The van der Waals surface area contributed by atoms with Crippen molar-refractivity contribution in [2.24, 2.45) is 0 Å². The number of nitrogens with zero attached hydrogens (tertiary/aromatic N) is 5. The van der Waals surface area contributed by atoms with Crippen molar-refractivity contribution in [3.05, 3.63) is 74.4 Å². The lowest BCUT2D eigenvalue weighted by Gasteiger charge is -2.32. The van der Waals surface area contributed by atoms with Crippen molar-refractivity contribution in [1.82, 2.24) is 29.6 Å². The summed E-state index contributed by atoms with van der Waals surface area (Å²) in [6, 6.07) is 8.73. The Hall–Kier alpha value is -3.34. The summed E-state index contributed by atoms with van der Waals surface area (Å²) >= 11 is 12.0. The summed E-state index contributed by atoms with van der Waals surface area (Å²) in [5, 5.41) is 8.50. The highest BCUT2D eigenvalue weighted by molar-refractivity contribution is 6.42. The van der Waals surface area contributed by atoms with Crippen molar-refractivity contribution in [2.45, 2.75) is 25.4 Å². The Morgan fingerprint density at radius 3 is 2.73 bits per heavy atom. The number of methoxy groups -OCH3 is 1. The Morgan fingerprint density at radius 1 is 1.22 bits per heavy atom. The number of carbonyl (C=O) groups is 1. The number of fused-ring (bicyclic) bond motifs is 1. The average Bonchev–Trinajstić information content (AvgIpc) is 3.33. The van der Waals surface area contributed by atoms with Crippen LogP contribution in [0.1, 0.15) is 34.9 Å². The molecule has 0 bridgehead atoms. The molecule has 0 aliphatic carbocycles. The molecule has 194 valence electrons. The van der Waals surface area contributed by atoms with Crippen molar-refractivity contribution in [2.75, 3.05) is 25.5 Å². The van der Waals surface area contributed by atoms with Gasteiger partial charge in [-0.15, -0.1) is 12.4 Å². The molecule has 1 aliphatic rings. The van der Waals surface area contributed by atoms with Crippen molar-refractivity contribution < 1.29 is 9.53 Å². The number of nitrogens with one attached hydrogen (secondary N) is 2. The van der Waals surface area contributed by atoms with E-state index in [9.17, 15) is 9.59 Å². The number of aromatic nitrogens is 5. The van der Waals surface area contributed by atoms with Crippen LogP contribution in [-0.2, 0) is 6.54 Å². The second kappa shape index (κ2) is 11.4. The van der Waals surface area contributed by atoms with Crippen LogP contribution in [0, 0.1) is 0 Å². The lowest BCUT2D eigenvalue weighted by Crippen LogP contribution is -2.40. The molecule has 1 saturated heterocycles. The van der Waals surface area contributed by atoms with Crippen LogP contribution in [-0.4, -0.2) is 55.7 Å². The molecule has 10 nitrogen and oxygen atoms in total. The highest BCUT2D eigenvalue weighted by Gasteiger charge is 2.28. The number of ether oxygens (including phenoxy) is 1. The molecule has 1 aromatic carbocycles. The van der Waals surface area contributed by atoms with Gasteiger partial charge in [0.1, 0.15) is 11.3 Å².